The van der Waals surface area contributed by atoms with E-state index in [1.165, 1.54) is 0 Å². The summed E-state index contributed by atoms with van der Waals surface area (Å²) < 4.78 is 16.6. The highest BCUT2D eigenvalue weighted by Crippen LogP contribution is 2.44. The van der Waals surface area contributed by atoms with Gasteiger partial charge in [0.2, 0.25) is 5.91 Å². The van der Waals surface area contributed by atoms with Crippen molar-refractivity contribution in [3.05, 3.63) is 29.3 Å². The molecule has 1 saturated carbocycles. The van der Waals surface area contributed by atoms with E-state index in [0.29, 0.717) is 49.5 Å². The van der Waals surface area contributed by atoms with Gasteiger partial charge in [0.1, 0.15) is 11.4 Å². The van der Waals surface area contributed by atoms with Crippen LogP contribution in [0.3, 0.4) is 0 Å². The monoisotopic (exact) mass is 527 g/mol. The molecule has 1 unspecified atom stereocenters. The first-order chi connectivity index (χ1) is 16.9. The number of benzene rings is 1. The lowest BCUT2D eigenvalue weighted by molar-refractivity contribution is -0.162. The van der Waals surface area contributed by atoms with Crippen LogP contribution in [0.25, 0.3) is 0 Å². The summed E-state index contributed by atoms with van der Waals surface area (Å²) in [6.07, 6.45) is 2.76. The fourth-order valence-electron chi connectivity index (χ4n) is 4.69. The lowest BCUT2D eigenvalue weighted by Gasteiger charge is -2.34. The molecule has 1 aromatic carbocycles. The normalized spacial score (nSPS) is 17.0. The summed E-state index contributed by atoms with van der Waals surface area (Å²) in [7, 11) is 1.58. The van der Waals surface area contributed by atoms with E-state index in [-0.39, 0.29) is 24.9 Å². The second-order valence-corrected chi connectivity index (χ2v) is 11.1. The van der Waals surface area contributed by atoms with Gasteiger partial charge in [-0.2, -0.15) is 0 Å². The summed E-state index contributed by atoms with van der Waals surface area (Å²) >= 11 is 5.91. The molecule has 1 aromatic rings. The van der Waals surface area contributed by atoms with E-state index in [1.54, 1.807) is 31.4 Å². The second kappa shape index (κ2) is 14.2. The molecular formula is C27H42ClNO7. The third-order valence-corrected chi connectivity index (χ3v) is 6.72. The van der Waals surface area contributed by atoms with Crippen molar-refractivity contribution in [2.75, 3.05) is 20.3 Å². The first kappa shape index (κ1) is 30.4. The van der Waals surface area contributed by atoms with Crippen molar-refractivity contribution in [3.63, 3.8) is 0 Å². The maximum absolute atomic E-state index is 13.6. The summed E-state index contributed by atoms with van der Waals surface area (Å²) in [5, 5.41) is 22.9. The average Bonchev–Trinajstić information content (AvgIpc) is 3.26. The molecule has 0 radical (unpaired) electrons. The molecule has 0 aliphatic heterocycles. The van der Waals surface area contributed by atoms with Gasteiger partial charge in [0.25, 0.3) is 0 Å². The number of esters is 1. The predicted molar refractivity (Wildman–Crippen MR) is 138 cm³/mol. The molecule has 0 aromatic heterocycles. The van der Waals surface area contributed by atoms with E-state index in [1.807, 2.05) is 20.8 Å². The number of hydrogen-bond donors (Lipinski definition) is 3. The predicted octanol–water partition coefficient (Wildman–Crippen LogP) is 4.24. The van der Waals surface area contributed by atoms with Crippen LogP contribution in [0.1, 0.15) is 72.1 Å². The fourth-order valence-corrected chi connectivity index (χ4v) is 4.81. The lowest BCUT2D eigenvalue weighted by atomic mass is 9.75. The number of carbonyl (C=O) groups excluding carboxylic acids is 2. The van der Waals surface area contributed by atoms with Gasteiger partial charge in [0, 0.05) is 37.6 Å². The third kappa shape index (κ3) is 10.2. The number of ether oxygens (including phenoxy) is 3. The van der Waals surface area contributed by atoms with Crippen LogP contribution in [0, 0.1) is 11.3 Å². The Labute approximate surface area is 219 Å². The second-order valence-electron chi connectivity index (χ2n) is 10.7. The zero-order valence-electron chi connectivity index (χ0n) is 21.9. The Hall–Kier alpha value is -1.87. The topological polar surface area (TPSA) is 114 Å². The molecule has 1 aliphatic carbocycles. The van der Waals surface area contributed by atoms with Crippen molar-refractivity contribution >= 4 is 23.5 Å². The third-order valence-electron chi connectivity index (χ3n) is 6.47. The highest BCUT2D eigenvalue weighted by Gasteiger charge is 2.45. The van der Waals surface area contributed by atoms with Crippen molar-refractivity contribution in [2.24, 2.45) is 11.3 Å². The van der Waals surface area contributed by atoms with E-state index < -0.39 is 29.3 Å². The smallest absolute Gasteiger partial charge is 0.309 e. The molecule has 3 N–H and O–H groups in total. The van der Waals surface area contributed by atoms with Crippen LogP contribution in [0.2, 0.25) is 5.02 Å². The van der Waals surface area contributed by atoms with Gasteiger partial charge < -0.3 is 29.7 Å². The van der Waals surface area contributed by atoms with Gasteiger partial charge in [-0.15, -0.1) is 0 Å². The lowest BCUT2D eigenvalue weighted by Crippen LogP contribution is -2.47. The number of amides is 1. The van der Waals surface area contributed by atoms with Gasteiger partial charge >= 0.3 is 5.97 Å². The van der Waals surface area contributed by atoms with Gasteiger partial charge in [0.15, 0.2) is 6.29 Å². The quantitative estimate of drug-likeness (QED) is 0.245. The minimum atomic E-state index is -1.57. The van der Waals surface area contributed by atoms with Crippen LogP contribution in [0.15, 0.2) is 24.3 Å². The molecule has 36 heavy (non-hydrogen) atoms. The zero-order valence-corrected chi connectivity index (χ0v) is 22.7. The number of aliphatic hydroxyl groups excluding tert-OH is 1. The van der Waals surface area contributed by atoms with Crippen molar-refractivity contribution in [3.8, 4) is 5.75 Å². The van der Waals surface area contributed by atoms with Crippen LogP contribution in [-0.4, -0.2) is 60.3 Å². The van der Waals surface area contributed by atoms with Gasteiger partial charge in [0.05, 0.1) is 17.9 Å². The molecule has 8 nitrogen and oxygen atoms in total. The van der Waals surface area contributed by atoms with Crippen molar-refractivity contribution in [1.29, 1.82) is 0 Å². The molecular weight excluding hydrogens is 486 g/mol. The largest absolute Gasteiger partial charge is 0.494 e. The summed E-state index contributed by atoms with van der Waals surface area (Å²) in [4.78, 5) is 26.6. The van der Waals surface area contributed by atoms with Gasteiger partial charge in [-0.3, -0.25) is 9.59 Å². The summed E-state index contributed by atoms with van der Waals surface area (Å²) in [6, 6.07) is 6.45. The standard InChI is InChI=1S/C27H42ClNO7/c1-26(2,3)36-24(32)19(11-15-34-4)18-27(13-5-6-14-27)25(33)29-21(17-23(30)31)12-16-35-22-9-7-20(28)8-10-22/h7-10,19,21,23,30-31H,5-6,11-18H2,1-4H3,(H,29,33)/t19-,21?/m1/s1. The Bertz CT molecular complexity index is 816. The molecule has 0 spiro atoms. The molecule has 2 rings (SSSR count). The number of nitrogens with one attached hydrogen (secondary N) is 1. The summed E-state index contributed by atoms with van der Waals surface area (Å²) in [5.74, 6) is -0.316. The van der Waals surface area contributed by atoms with E-state index in [9.17, 15) is 19.8 Å². The Balaban J connectivity index is 2.09. The molecule has 0 saturated heterocycles. The Morgan fingerprint density at radius 2 is 1.72 bits per heavy atom. The fraction of sp³-hybridized carbons (Fsp3) is 0.704. The van der Waals surface area contributed by atoms with E-state index in [4.69, 9.17) is 25.8 Å². The Morgan fingerprint density at radius 1 is 1.08 bits per heavy atom. The number of aliphatic hydroxyl groups is 2. The van der Waals surface area contributed by atoms with Crippen LogP contribution < -0.4 is 10.1 Å². The molecule has 9 heteroatoms. The molecule has 2 atom stereocenters. The highest BCUT2D eigenvalue weighted by atomic mass is 35.5. The first-order valence-electron chi connectivity index (χ1n) is 12.7. The molecule has 1 amide bonds. The zero-order chi connectivity index (χ0) is 26.8. The summed E-state index contributed by atoms with van der Waals surface area (Å²) in [6.45, 7) is 6.15. The molecule has 0 heterocycles. The van der Waals surface area contributed by atoms with Crippen molar-refractivity contribution < 1.29 is 34.0 Å². The van der Waals surface area contributed by atoms with Crippen LogP contribution in [0.5, 0.6) is 5.75 Å². The molecule has 204 valence electrons. The summed E-state index contributed by atoms with van der Waals surface area (Å²) in [5.41, 5.74) is -1.34. The minimum Gasteiger partial charge on any atom is -0.494 e. The van der Waals surface area contributed by atoms with Crippen LogP contribution >= 0.6 is 11.6 Å². The number of halogens is 1. The van der Waals surface area contributed by atoms with Crippen molar-refractivity contribution in [1.82, 2.24) is 5.32 Å². The van der Waals surface area contributed by atoms with E-state index >= 15 is 0 Å². The SMILES string of the molecule is COCC[C@H](CC1(C(=O)NC(CCOc2ccc(Cl)cc2)CC(O)O)CCCC1)C(=O)OC(C)(C)C. The van der Waals surface area contributed by atoms with Crippen molar-refractivity contribution in [2.45, 2.75) is 90.1 Å². The first-order valence-corrected chi connectivity index (χ1v) is 13.1. The molecule has 0 bridgehead atoms. The number of methoxy groups -OCH3 is 1. The highest BCUT2D eigenvalue weighted by molar-refractivity contribution is 6.30. The molecule has 1 aliphatic rings. The van der Waals surface area contributed by atoms with Gasteiger partial charge in [-0.25, -0.2) is 0 Å². The van der Waals surface area contributed by atoms with Crippen LogP contribution in [0.4, 0.5) is 0 Å². The maximum Gasteiger partial charge on any atom is 0.309 e. The number of carbonyl (C=O) groups is 2. The minimum absolute atomic E-state index is 0.0229. The maximum atomic E-state index is 13.6. The molecule has 1 fully saturated rings. The van der Waals surface area contributed by atoms with E-state index in [2.05, 4.69) is 5.32 Å². The van der Waals surface area contributed by atoms with Gasteiger partial charge in [-0.1, -0.05) is 24.4 Å². The van der Waals surface area contributed by atoms with Gasteiger partial charge in [-0.05, 0) is 70.7 Å². The Kier molecular flexibility index (Phi) is 11.9. The van der Waals surface area contributed by atoms with E-state index in [0.717, 1.165) is 12.8 Å². The Morgan fingerprint density at radius 3 is 2.28 bits per heavy atom. The van der Waals surface area contributed by atoms with Crippen LogP contribution in [-0.2, 0) is 19.1 Å². The average molecular weight is 528 g/mol. The number of rotatable bonds is 14. The number of hydrogen-bond acceptors (Lipinski definition) is 7.